The van der Waals surface area contributed by atoms with Crippen molar-refractivity contribution < 1.29 is 0 Å². The number of thiazole rings is 1. The van der Waals surface area contributed by atoms with E-state index in [2.05, 4.69) is 29.5 Å². The zero-order chi connectivity index (χ0) is 14.7. The van der Waals surface area contributed by atoms with Gasteiger partial charge in [-0.2, -0.15) is 11.8 Å². The summed E-state index contributed by atoms with van der Waals surface area (Å²) in [6, 6.07) is 10.9. The molecule has 0 aliphatic carbocycles. The first-order valence-electron chi connectivity index (χ1n) is 7.29. The Balaban J connectivity index is 1.65. The minimum atomic E-state index is 0.0218. The van der Waals surface area contributed by atoms with Crippen molar-refractivity contribution in [2.24, 2.45) is 5.73 Å². The Morgan fingerprint density at radius 2 is 2.19 bits per heavy atom. The van der Waals surface area contributed by atoms with Crippen molar-refractivity contribution in [2.45, 2.75) is 24.9 Å². The van der Waals surface area contributed by atoms with Gasteiger partial charge in [-0.25, -0.2) is 4.98 Å². The zero-order valence-corrected chi connectivity index (χ0v) is 13.9. The van der Waals surface area contributed by atoms with Gasteiger partial charge in [-0.1, -0.05) is 30.3 Å². The van der Waals surface area contributed by atoms with Gasteiger partial charge in [0.05, 0.1) is 5.69 Å². The first kappa shape index (κ1) is 14.9. The molecule has 3 rings (SSSR count). The molecule has 0 spiro atoms. The fraction of sp³-hybridized carbons (Fsp3) is 0.438. The van der Waals surface area contributed by atoms with Gasteiger partial charge < -0.3 is 10.6 Å². The number of hydrogen-bond acceptors (Lipinski definition) is 5. The number of rotatable bonds is 5. The quantitative estimate of drug-likeness (QED) is 0.918. The SMILES string of the molecule is CN(c1nc(CC(N)c2ccccc2)cs1)C1CCSC1. The maximum Gasteiger partial charge on any atom is 0.185 e. The second-order valence-electron chi connectivity index (χ2n) is 5.47. The van der Waals surface area contributed by atoms with Gasteiger partial charge in [0.2, 0.25) is 0 Å². The van der Waals surface area contributed by atoms with Crippen LogP contribution >= 0.6 is 23.1 Å². The average molecular weight is 319 g/mol. The van der Waals surface area contributed by atoms with E-state index in [4.69, 9.17) is 10.7 Å². The third kappa shape index (κ3) is 3.59. The van der Waals surface area contributed by atoms with Crippen LogP contribution in [0.5, 0.6) is 0 Å². The third-order valence-corrected chi connectivity index (χ3v) is 6.08. The third-order valence-electron chi connectivity index (χ3n) is 3.95. The van der Waals surface area contributed by atoms with E-state index in [-0.39, 0.29) is 6.04 Å². The molecule has 112 valence electrons. The van der Waals surface area contributed by atoms with Crippen LogP contribution in [0.25, 0.3) is 0 Å². The van der Waals surface area contributed by atoms with Crippen LogP contribution in [0.4, 0.5) is 5.13 Å². The van der Waals surface area contributed by atoms with Crippen LogP contribution < -0.4 is 10.6 Å². The van der Waals surface area contributed by atoms with Crippen LogP contribution in [0.1, 0.15) is 23.7 Å². The van der Waals surface area contributed by atoms with Crippen LogP contribution in [-0.2, 0) is 6.42 Å². The van der Waals surface area contributed by atoms with Crippen molar-refractivity contribution in [3.8, 4) is 0 Å². The smallest absolute Gasteiger partial charge is 0.185 e. The number of benzene rings is 1. The summed E-state index contributed by atoms with van der Waals surface area (Å²) in [5, 5.41) is 3.27. The lowest BCUT2D eigenvalue weighted by Gasteiger charge is -2.22. The highest BCUT2D eigenvalue weighted by Gasteiger charge is 2.22. The summed E-state index contributed by atoms with van der Waals surface area (Å²) in [5.41, 5.74) is 8.56. The second kappa shape index (κ2) is 6.81. The van der Waals surface area contributed by atoms with Crippen molar-refractivity contribution in [3.05, 3.63) is 47.0 Å². The number of anilines is 1. The van der Waals surface area contributed by atoms with Gasteiger partial charge >= 0.3 is 0 Å². The van der Waals surface area contributed by atoms with Gasteiger partial charge in [-0.15, -0.1) is 11.3 Å². The number of nitrogens with zero attached hydrogens (tertiary/aromatic N) is 2. The van der Waals surface area contributed by atoms with Crippen molar-refractivity contribution in [3.63, 3.8) is 0 Å². The van der Waals surface area contributed by atoms with Gasteiger partial charge in [-0.3, -0.25) is 0 Å². The van der Waals surface area contributed by atoms with Crippen molar-refractivity contribution >= 4 is 28.2 Å². The van der Waals surface area contributed by atoms with E-state index < -0.39 is 0 Å². The normalized spacial score (nSPS) is 19.6. The second-order valence-corrected chi connectivity index (χ2v) is 7.46. The first-order valence-corrected chi connectivity index (χ1v) is 9.33. The van der Waals surface area contributed by atoms with Gasteiger partial charge in [-0.05, 0) is 17.7 Å². The minimum Gasteiger partial charge on any atom is -0.347 e. The van der Waals surface area contributed by atoms with Crippen molar-refractivity contribution in [1.29, 1.82) is 0 Å². The molecule has 5 heteroatoms. The lowest BCUT2D eigenvalue weighted by atomic mass is 10.0. The van der Waals surface area contributed by atoms with Gasteiger partial charge in [0.1, 0.15) is 0 Å². The fourth-order valence-corrected chi connectivity index (χ4v) is 4.72. The molecule has 1 aromatic carbocycles. The summed E-state index contributed by atoms with van der Waals surface area (Å²) in [5.74, 6) is 2.49. The average Bonchev–Trinajstić information content (AvgIpc) is 3.19. The highest BCUT2D eigenvalue weighted by molar-refractivity contribution is 7.99. The van der Waals surface area contributed by atoms with Crippen molar-refractivity contribution in [1.82, 2.24) is 4.98 Å². The van der Waals surface area contributed by atoms with E-state index in [1.54, 1.807) is 11.3 Å². The Morgan fingerprint density at radius 3 is 2.90 bits per heavy atom. The summed E-state index contributed by atoms with van der Waals surface area (Å²) < 4.78 is 0. The molecule has 2 heterocycles. The van der Waals surface area contributed by atoms with E-state index in [0.29, 0.717) is 6.04 Å². The molecule has 2 aromatic rings. The minimum absolute atomic E-state index is 0.0218. The summed E-state index contributed by atoms with van der Waals surface area (Å²) in [4.78, 5) is 7.11. The monoisotopic (exact) mass is 319 g/mol. The molecule has 21 heavy (non-hydrogen) atoms. The molecular weight excluding hydrogens is 298 g/mol. The molecule has 0 radical (unpaired) electrons. The van der Waals surface area contributed by atoms with Crippen LogP contribution in [0.3, 0.4) is 0 Å². The molecule has 1 aliphatic heterocycles. The highest BCUT2D eigenvalue weighted by Crippen LogP contribution is 2.29. The van der Waals surface area contributed by atoms with Crippen LogP contribution in [0.2, 0.25) is 0 Å². The van der Waals surface area contributed by atoms with E-state index in [0.717, 1.165) is 17.2 Å². The van der Waals surface area contributed by atoms with Gasteiger partial charge in [0.15, 0.2) is 5.13 Å². The Kier molecular flexibility index (Phi) is 4.83. The Hall–Kier alpha value is -1.04. The van der Waals surface area contributed by atoms with Crippen LogP contribution in [-0.4, -0.2) is 29.6 Å². The van der Waals surface area contributed by atoms with E-state index in [1.807, 2.05) is 30.0 Å². The van der Waals surface area contributed by atoms with E-state index in [9.17, 15) is 0 Å². The van der Waals surface area contributed by atoms with Crippen molar-refractivity contribution in [2.75, 3.05) is 23.5 Å². The first-order chi connectivity index (χ1) is 10.2. The number of hydrogen-bond donors (Lipinski definition) is 1. The number of nitrogens with two attached hydrogens (primary N) is 1. The standard InChI is InChI=1S/C16H21N3S2/c1-19(14-7-8-20-11-14)16-18-13(10-21-16)9-15(17)12-5-3-2-4-6-12/h2-6,10,14-15H,7-9,11,17H2,1H3. The molecule has 2 unspecified atom stereocenters. The molecule has 0 saturated carbocycles. The molecule has 3 nitrogen and oxygen atoms in total. The fourth-order valence-electron chi connectivity index (χ4n) is 2.58. The molecule has 2 atom stereocenters. The highest BCUT2D eigenvalue weighted by atomic mass is 32.2. The molecule has 1 saturated heterocycles. The Bertz CT molecular complexity index is 564. The maximum atomic E-state index is 6.28. The molecule has 2 N–H and O–H groups in total. The molecular formula is C16H21N3S2. The summed E-state index contributed by atoms with van der Waals surface area (Å²) in [6.07, 6.45) is 2.06. The topological polar surface area (TPSA) is 42.2 Å². The molecule has 1 aliphatic rings. The van der Waals surface area contributed by atoms with E-state index in [1.165, 1.54) is 23.5 Å². The summed E-state index contributed by atoms with van der Waals surface area (Å²) in [6.45, 7) is 0. The molecule has 0 amide bonds. The predicted molar refractivity (Wildman–Crippen MR) is 93.3 cm³/mol. The molecule has 0 bridgehead atoms. The van der Waals surface area contributed by atoms with Crippen LogP contribution in [0.15, 0.2) is 35.7 Å². The maximum absolute atomic E-state index is 6.28. The molecule has 1 fully saturated rings. The number of aromatic nitrogens is 1. The predicted octanol–water partition coefficient (Wildman–Crippen LogP) is 3.33. The van der Waals surface area contributed by atoms with Gasteiger partial charge in [0.25, 0.3) is 0 Å². The summed E-state index contributed by atoms with van der Waals surface area (Å²) >= 11 is 3.77. The Morgan fingerprint density at radius 1 is 1.38 bits per heavy atom. The Labute approximate surface area is 134 Å². The largest absolute Gasteiger partial charge is 0.347 e. The van der Waals surface area contributed by atoms with Gasteiger partial charge in [0, 0.05) is 36.7 Å². The lowest BCUT2D eigenvalue weighted by Crippen LogP contribution is -2.31. The molecule has 1 aromatic heterocycles. The van der Waals surface area contributed by atoms with Crippen LogP contribution in [0, 0.1) is 0 Å². The number of thioether (sulfide) groups is 1. The summed E-state index contributed by atoms with van der Waals surface area (Å²) in [7, 11) is 2.16. The lowest BCUT2D eigenvalue weighted by molar-refractivity contribution is 0.687. The zero-order valence-electron chi connectivity index (χ0n) is 12.2. The van der Waals surface area contributed by atoms with E-state index >= 15 is 0 Å².